The molecule has 3 N–H and O–H groups in total. The van der Waals surface area contributed by atoms with Gasteiger partial charge < -0.3 is 20.5 Å². The number of hydrogen-bond acceptors (Lipinski definition) is 6. The number of nitrogens with zero attached hydrogens (tertiary/aromatic N) is 4. The summed E-state index contributed by atoms with van der Waals surface area (Å²) in [7, 11) is 1.78. The molecule has 1 aliphatic carbocycles. The fraction of sp³-hybridized carbons (Fsp3) is 0.478. The molecular weight excluding hydrogens is 406 g/mol. The zero-order valence-electron chi connectivity index (χ0n) is 19.1. The van der Waals surface area contributed by atoms with Gasteiger partial charge in [0.05, 0.1) is 6.20 Å². The van der Waals surface area contributed by atoms with Gasteiger partial charge in [0, 0.05) is 31.4 Å². The molecule has 1 fully saturated rings. The van der Waals surface area contributed by atoms with E-state index in [9.17, 15) is 9.59 Å². The predicted octanol–water partition coefficient (Wildman–Crippen LogP) is 3.57. The van der Waals surface area contributed by atoms with E-state index in [0.717, 1.165) is 19.3 Å². The van der Waals surface area contributed by atoms with Gasteiger partial charge >= 0.3 is 0 Å². The summed E-state index contributed by atoms with van der Waals surface area (Å²) in [5, 5.41) is 13.7. The molecule has 170 valence electrons. The molecule has 0 aromatic carbocycles. The summed E-state index contributed by atoms with van der Waals surface area (Å²) in [5.74, 6) is 1.56. The van der Waals surface area contributed by atoms with Crippen LogP contribution in [0.1, 0.15) is 62.9 Å². The second kappa shape index (κ2) is 9.02. The molecular formula is C23H31N7O2. The molecule has 9 nitrogen and oxygen atoms in total. The first-order chi connectivity index (χ1) is 15.4. The molecule has 0 saturated heterocycles. The Bertz CT molecular complexity index is 1180. The van der Waals surface area contributed by atoms with Gasteiger partial charge in [-0.05, 0) is 44.7 Å². The third-order valence-corrected chi connectivity index (χ3v) is 6.04. The van der Waals surface area contributed by atoms with Crippen molar-refractivity contribution in [3.05, 3.63) is 46.5 Å². The highest BCUT2D eigenvalue weighted by molar-refractivity contribution is 6.00. The van der Waals surface area contributed by atoms with Gasteiger partial charge in [-0.3, -0.25) is 9.59 Å². The SMILES string of the molecule is CNc1cc(Nc2cccn(C(C)C)c2=O)nc2c(C(=O)NC3CCCC(C)C3)cnn12. The summed E-state index contributed by atoms with van der Waals surface area (Å²) in [5.41, 5.74) is 1.13. The number of nitrogens with one attached hydrogen (secondary N) is 3. The Morgan fingerprint density at radius 1 is 1.28 bits per heavy atom. The molecule has 0 aliphatic heterocycles. The molecule has 3 aromatic rings. The van der Waals surface area contributed by atoms with Crippen molar-refractivity contribution in [1.82, 2.24) is 24.5 Å². The Labute approximate surface area is 187 Å². The van der Waals surface area contributed by atoms with Crippen LogP contribution in [0.15, 0.2) is 35.4 Å². The smallest absolute Gasteiger partial charge is 0.274 e. The molecule has 3 heterocycles. The number of amides is 1. The van der Waals surface area contributed by atoms with Gasteiger partial charge in [0.2, 0.25) is 0 Å². The molecule has 2 atom stereocenters. The molecule has 3 aromatic heterocycles. The van der Waals surface area contributed by atoms with Crippen LogP contribution in [0.5, 0.6) is 0 Å². The molecule has 1 aliphatic rings. The Morgan fingerprint density at radius 2 is 2.09 bits per heavy atom. The van der Waals surface area contributed by atoms with Gasteiger partial charge in [-0.2, -0.15) is 9.61 Å². The quantitative estimate of drug-likeness (QED) is 0.545. The van der Waals surface area contributed by atoms with Crippen LogP contribution in [0.3, 0.4) is 0 Å². The third kappa shape index (κ3) is 4.32. The Hall–Kier alpha value is -3.36. The van der Waals surface area contributed by atoms with E-state index >= 15 is 0 Å². The Morgan fingerprint density at radius 3 is 2.81 bits per heavy atom. The van der Waals surface area contributed by atoms with Gasteiger partial charge in [0.15, 0.2) is 5.65 Å². The van der Waals surface area contributed by atoms with Gasteiger partial charge in [-0.1, -0.05) is 19.8 Å². The number of hydrogen-bond donors (Lipinski definition) is 3. The largest absolute Gasteiger partial charge is 0.373 e. The van der Waals surface area contributed by atoms with Crippen molar-refractivity contribution < 1.29 is 4.79 Å². The highest BCUT2D eigenvalue weighted by Crippen LogP contribution is 2.25. The van der Waals surface area contributed by atoms with Gasteiger partial charge in [-0.15, -0.1) is 0 Å². The number of anilines is 3. The van der Waals surface area contributed by atoms with Crippen LogP contribution < -0.4 is 21.5 Å². The van der Waals surface area contributed by atoms with Crippen molar-refractivity contribution in [2.24, 2.45) is 5.92 Å². The third-order valence-electron chi connectivity index (χ3n) is 6.04. The molecule has 0 bridgehead atoms. The molecule has 4 rings (SSSR count). The summed E-state index contributed by atoms with van der Waals surface area (Å²) in [6.45, 7) is 6.14. The molecule has 1 saturated carbocycles. The zero-order valence-corrected chi connectivity index (χ0v) is 19.1. The van der Waals surface area contributed by atoms with Crippen LogP contribution >= 0.6 is 0 Å². The lowest BCUT2D eigenvalue weighted by Gasteiger charge is -2.27. The lowest BCUT2D eigenvalue weighted by Crippen LogP contribution is -2.38. The van der Waals surface area contributed by atoms with Crippen molar-refractivity contribution in [3.63, 3.8) is 0 Å². The van der Waals surface area contributed by atoms with E-state index in [1.165, 1.54) is 6.42 Å². The van der Waals surface area contributed by atoms with E-state index in [-0.39, 0.29) is 23.6 Å². The first-order valence-corrected chi connectivity index (χ1v) is 11.2. The number of fused-ring (bicyclic) bond motifs is 1. The van der Waals surface area contributed by atoms with Gasteiger partial charge in [-0.25, -0.2) is 4.98 Å². The number of carbonyl (C=O) groups excluding carboxylic acids is 1. The predicted molar refractivity (Wildman–Crippen MR) is 126 cm³/mol. The van der Waals surface area contributed by atoms with Crippen LogP contribution in [-0.2, 0) is 0 Å². The average Bonchev–Trinajstić information content (AvgIpc) is 3.18. The van der Waals surface area contributed by atoms with E-state index in [2.05, 4.69) is 33.0 Å². The molecule has 2 unspecified atom stereocenters. The van der Waals surface area contributed by atoms with E-state index in [0.29, 0.717) is 34.5 Å². The fourth-order valence-electron chi connectivity index (χ4n) is 4.34. The van der Waals surface area contributed by atoms with Crippen molar-refractivity contribution in [1.29, 1.82) is 0 Å². The summed E-state index contributed by atoms with van der Waals surface area (Å²) in [6.07, 6.45) is 7.63. The van der Waals surface area contributed by atoms with Crippen LogP contribution in [0.25, 0.3) is 5.65 Å². The lowest BCUT2D eigenvalue weighted by atomic mass is 9.87. The van der Waals surface area contributed by atoms with Crippen molar-refractivity contribution >= 4 is 28.9 Å². The normalized spacial score (nSPS) is 18.7. The number of carbonyl (C=O) groups is 1. The first-order valence-electron chi connectivity index (χ1n) is 11.2. The average molecular weight is 438 g/mol. The van der Waals surface area contributed by atoms with E-state index < -0.39 is 0 Å². The maximum absolute atomic E-state index is 13.0. The minimum atomic E-state index is -0.173. The van der Waals surface area contributed by atoms with Crippen molar-refractivity contribution in [3.8, 4) is 0 Å². The Kier molecular flexibility index (Phi) is 6.16. The number of pyridine rings is 1. The highest BCUT2D eigenvalue weighted by atomic mass is 16.2. The second-order valence-corrected chi connectivity index (χ2v) is 8.87. The van der Waals surface area contributed by atoms with Gasteiger partial charge in [0.25, 0.3) is 11.5 Å². The summed E-state index contributed by atoms with van der Waals surface area (Å²) in [4.78, 5) is 30.4. The van der Waals surface area contributed by atoms with Gasteiger partial charge in [0.1, 0.15) is 22.9 Å². The maximum atomic E-state index is 13.0. The monoisotopic (exact) mass is 437 g/mol. The molecule has 1 amide bonds. The van der Waals surface area contributed by atoms with Crippen LogP contribution in [0.2, 0.25) is 0 Å². The molecule has 9 heteroatoms. The standard InChI is InChI=1S/C23H31N7O2/c1-14(2)29-10-6-9-18(23(29)32)27-19-12-20(24-4)30-21(28-19)17(13-25-30)22(31)26-16-8-5-7-15(3)11-16/h6,9-10,12-16,24H,5,7-8,11H2,1-4H3,(H,26,31)(H,27,28). The van der Waals surface area contributed by atoms with Crippen molar-refractivity contribution in [2.75, 3.05) is 17.7 Å². The molecule has 0 spiro atoms. The summed E-state index contributed by atoms with van der Waals surface area (Å²) >= 11 is 0. The zero-order chi connectivity index (χ0) is 22.8. The van der Waals surface area contributed by atoms with E-state index in [1.54, 1.807) is 40.7 Å². The second-order valence-electron chi connectivity index (χ2n) is 8.87. The molecule has 0 radical (unpaired) electrons. The maximum Gasteiger partial charge on any atom is 0.274 e. The summed E-state index contributed by atoms with van der Waals surface area (Å²) in [6, 6.07) is 5.52. The lowest BCUT2D eigenvalue weighted by molar-refractivity contribution is 0.0923. The Balaban J connectivity index is 1.66. The topological polar surface area (TPSA) is 105 Å². The number of aromatic nitrogens is 4. The minimum Gasteiger partial charge on any atom is -0.373 e. The van der Waals surface area contributed by atoms with E-state index in [1.807, 2.05) is 19.9 Å². The van der Waals surface area contributed by atoms with Crippen LogP contribution in [0, 0.1) is 5.92 Å². The van der Waals surface area contributed by atoms with E-state index in [4.69, 9.17) is 0 Å². The summed E-state index contributed by atoms with van der Waals surface area (Å²) < 4.78 is 3.25. The van der Waals surface area contributed by atoms with Crippen LogP contribution in [0.4, 0.5) is 17.3 Å². The fourth-order valence-corrected chi connectivity index (χ4v) is 4.34. The van der Waals surface area contributed by atoms with Crippen molar-refractivity contribution in [2.45, 2.75) is 58.5 Å². The molecule has 32 heavy (non-hydrogen) atoms. The minimum absolute atomic E-state index is 0.0418. The highest BCUT2D eigenvalue weighted by Gasteiger charge is 2.23. The first kappa shape index (κ1) is 21.9. The number of rotatable bonds is 6. The van der Waals surface area contributed by atoms with Crippen LogP contribution in [-0.4, -0.2) is 38.2 Å².